The highest BCUT2D eigenvalue weighted by Crippen LogP contribution is 2.23. The summed E-state index contributed by atoms with van der Waals surface area (Å²) in [6.45, 7) is 0.246. The second-order valence-corrected chi connectivity index (χ2v) is 7.01. The molecule has 0 spiro atoms. The van der Waals surface area contributed by atoms with Gasteiger partial charge in [-0.05, 0) is 12.1 Å². The van der Waals surface area contributed by atoms with Gasteiger partial charge in [-0.3, -0.25) is 0 Å². The van der Waals surface area contributed by atoms with Crippen LogP contribution in [-0.2, 0) is 21.1 Å². The van der Waals surface area contributed by atoms with Crippen molar-refractivity contribution in [2.75, 3.05) is 19.1 Å². The van der Waals surface area contributed by atoms with Crippen LogP contribution in [0.2, 0.25) is 5.15 Å². The van der Waals surface area contributed by atoms with Crippen molar-refractivity contribution in [3.05, 3.63) is 29.0 Å². The fourth-order valence-corrected chi connectivity index (χ4v) is 2.57. The van der Waals surface area contributed by atoms with Gasteiger partial charge in [0, 0.05) is 24.4 Å². The largest absolute Gasteiger partial charge is 0.465 e. The lowest BCUT2D eigenvalue weighted by atomic mass is 10.2. The summed E-state index contributed by atoms with van der Waals surface area (Å²) in [5, 5.41) is 0.729. The van der Waals surface area contributed by atoms with Gasteiger partial charge in [0.05, 0.1) is 18.4 Å². The Labute approximate surface area is 121 Å². The summed E-state index contributed by atoms with van der Waals surface area (Å²) >= 11 is 5.89. The number of fused-ring (bicyclic) bond motifs is 1. The Morgan fingerprint density at radius 1 is 1.50 bits per heavy atom. The number of carbonyl (C=O) groups excluding carboxylic acids is 1. The number of pyridine rings is 1. The van der Waals surface area contributed by atoms with E-state index in [1.165, 1.54) is 19.4 Å². The zero-order valence-corrected chi connectivity index (χ0v) is 12.5. The van der Waals surface area contributed by atoms with E-state index in [0.29, 0.717) is 16.6 Å². The minimum atomic E-state index is -3.08. The van der Waals surface area contributed by atoms with E-state index in [1.807, 2.05) is 0 Å². The van der Waals surface area contributed by atoms with E-state index >= 15 is 0 Å². The molecule has 0 atom stereocenters. The van der Waals surface area contributed by atoms with Crippen LogP contribution in [0.1, 0.15) is 10.4 Å². The van der Waals surface area contributed by atoms with E-state index in [9.17, 15) is 13.2 Å². The maximum Gasteiger partial charge on any atom is 0.338 e. The molecule has 0 aliphatic carbocycles. The van der Waals surface area contributed by atoms with E-state index in [1.54, 1.807) is 16.8 Å². The van der Waals surface area contributed by atoms with Crippen LogP contribution < -0.4 is 0 Å². The number of hydrogen-bond acceptors (Lipinski definition) is 5. The zero-order chi connectivity index (χ0) is 14.9. The van der Waals surface area contributed by atoms with Crippen molar-refractivity contribution in [3.63, 3.8) is 0 Å². The number of hydrogen-bond donors (Lipinski definition) is 0. The standard InChI is InChI=1S/C12H13ClN2O4S/c1-19-12(16)9-7-10(13)14-11-8(9)3-4-15(11)5-6-20(2,17)18/h3-4,7H,5-6H2,1-2H3. The highest BCUT2D eigenvalue weighted by molar-refractivity contribution is 7.90. The molecule has 0 radical (unpaired) electrons. The molecule has 2 rings (SSSR count). The predicted octanol–water partition coefficient (Wildman–Crippen LogP) is 1.52. The van der Waals surface area contributed by atoms with Crippen molar-refractivity contribution in [3.8, 4) is 0 Å². The van der Waals surface area contributed by atoms with Crippen molar-refractivity contribution in [2.24, 2.45) is 0 Å². The summed E-state index contributed by atoms with van der Waals surface area (Å²) in [6.07, 6.45) is 2.84. The molecule has 0 unspecified atom stereocenters. The number of esters is 1. The van der Waals surface area contributed by atoms with Crippen molar-refractivity contribution < 1.29 is 17.9 Å². The van der Waals surface area contributed by atoms with Crippen molar-refractivity contribution in [1.29, 1.82) is 0 Å². The number of rotatable bonds is 4. The molecule has 0 fully saturated rings. The van der Waals surface area contributed by atoms with Crippen molar-refractivity contribution >= 4 is 38.4 Å². The summed E-state index contributed by atoms with van der Waals surface area (Å²) < 4.78 is 28.8. The number of sulfone groups is 1. The first-order chi connectivity index (χ1) is 9.31. The smallest absolute Gasteiger partial charge is 0.338 e. The Kier molecular flexibility index (Phi) is 4.01. The molecule has 0 N–H and O–H groups in total. The lowest BCUT2D eigenvalue weighted by molar-refractivity contribution is 0.0603. The van der Waals surface area contributed by atoms with E-state index in [4.69, 9.17) is 16.3 Å². The molecule has 0 aromatic carbocycles. The van der Waals surface area contributed by atoms with Gasteiger partial charge in [-0.25, -0.2) is 18.2 Å². The van der Waals surface area contributed by atoms with Crippen LogP contribution in [0.3, 0.4) is 0 Å². The molecule has 20 heavy (non-hydrogen) atoms. The highest BCUT2D eigenvalue weighted by atomic mass is 35.5. The lowest BCUT2D eigenvalue weighted by Crippen LogP contribution is -2.11. The number of aromatic nitrogens is 2. The van der Waals surface area contributed by atoms with Gasteiger partial charge in [0.25, 0.3) is 0 Å². The van der Waals surface area contributed by atoms with Crippen LogP contribution in [0.4, 0.5) is 0 Å². The van der Waals surface area contributed by atoms with E-state index < -0.39 is 15.8 Å². The molecular weight excluding hydrogens is 304 g/mol. The summed E-state index contributed by atoms with van der Waals surface area (Å²) in [5.41, 5.74) is 0.766. The van der Waals surface area contributed by atoms with Gasteiger partial charge in [0.15, 0.2) is 0 Å². The number of methoxy groups -OCH3 is 1. The van der Waals surface area contributed by atoms with Crippen LogP contribution in [-0.4, -0.2) is 43.1 Å². The average Bonchev–Trinajstić information content (AvgIpc) is 2.76. The molecule has 108 valence electrons. The third kappa shape index (κ3) is 3.10. The van der Waals surface area contributed by atoms with Crippen LogP contribution in [0.5, 0.6) is 0 Å². The Balaban J connectivity index is 2.50. The molecule has 2 aromatic rings. The first-order valence-corrected chi connectivity index (χ1v) is 8.17. The molecule has 6 nitrogen and oxygen atoms in total. The molecule has 0 saturated carbocycles. The predicted molar refractivity (Wildman–Crippen MR) is 75.8 cm³/mol. The van der Waals surface area contributed by atoms with E-state index in [-0.39, 0.29) is 17.5 Å². The summed E-state index contributed by atoms with van der Waals surface area (Å²) in [6, 6.07) is 3.11. The minimum Gasteiger partial charge on any atom is -0.465 e. The molecule has 2 heterocycles. The average molecular weight is 317 g/mol. The number of carbonyl (C=O) groups is 1. The van der Waals surface area contributed by atoms with Crippen LogP contribution in [0.25, 0.3) is 11.0 Å². The van der Waals surface area contributed by atoms with Gasteiger partial charge in [-0.15, -0.1) is 0 Å². The summed E-state index contributed by atoms with van der Waals surface area (Å²) in [7, 11) is -1.80. The van der Waals surface area contributed by atoms with Crippen molar-refractivity contribution in [2.45, 2.75) is 6.54 Å². The van der Waals surface area contributed by atoms with E-state index in [2.05, 4.69) is 4.98 Å². The number of ether oxygens (including phenoxy) is 1. The first kappa shape index (κ1) is 14.8. The monoisotopic (exact) mass is 316 g/mol. The molecule has 2 aromatic heterocycles. The second-order valence-electron chi connectivity index (χ2n) is 4.36. The van der Waals surface area contributed by atoms with Gasteiger partial charge < -0.3 is 9.30 Å². The van der Waals surface area contributed by atoms with Crippen LogP contribution >= 0.6 is 11.6 Å². The second kappa shape index (κ2) is 5.41. The number of nitrogens with zero attached hydrogens (tertiary/aromatic N) is 2. The molecule has 0 bridgehead atoms. The van der Waals surface area contributed by atoms with Crippen LogP contribution in [0, 0.1) is 0 Å². The lowest BCUT2D eigenvalue weighted by Gasteiger charge is -2.06. The van der Waals surface area contributed by atoms with Crippen LogP contribution in [0.15, 0.2) is 18.3 Å². The first-order valence-electron chi connectivity index (χ1n) is 5.73. The van der Waals surface area contributed by atoms with E-state index in [0.717, 1.165) is 0 Å². The quantitative estimate of drug-likeness (QED) is 0.631. The Hall–Kier alpha value is -1.60. The fraction of sp³-hybridized carbons (Fsp3) is 0.333. The summed E-state index contributed by atoms with van der Waals surface area (Å²) in [5.74, 6) is -0.529. The maximum atomic E-state index is 11.7. The number of aryl methyl sites for hydroxylation is 1. The Morgan fingerprint density at radius 2 is 2.20 bits per heavy atom. The molecule has 8 heteroatoms. The number of halogens is 1. The third-order valence-electron chi connectivity index (χ3n) is 2.81. The molecule has 0 saturated heterocycles. The van der Waals surface area contributed by atoms with Gasteiger partial charge in [0.2, 0.25) is 0 Å². The van der Waals surface area contributed by atoms with Gasteiger partial charge in [-0.2, -0.15) is 0 Å². The third-order valence-corrected chi connectivity index (χ3v) is 3.93. The molecule has 0 amide bonds. The Morgan fingerprint density at radius 3 is 2.80 bits per heavy atom. The Bertz CT molecular complexity index is 767. The topological polar surface area (TPSA) is 78.3 Å². The van der Waals surface area contributed by atoms with Crippen molar-refractivity contribution in [1.82, 2.24) is 9.55 Å². The summed E-state index contributed by atoms with van der Waals surface area (Å²) in [4.78, 5) is 15.8. The highest BCUT2D eigenvalue weighted by Gasteiger charge is 2.16. The van der Waals surface area contributed by atoms with Gasteiger partial charge in [0.1, 0.15) is 20.6 Å². The SMILES string of the molecule is COC(=O)c1cc(Cl)nc2c1ccn2CCS(C)(=O)=O. The molecular formula is C12H13ClN2O4S. The minimum absolute atomic E-state index is 0.0153. The molecule has 0 aliphatic heterocycles. The van der Waals surface area contributed by atoms with Gasteiger partial charge >= 0.3 is 5.97 Å². The van der Waals surface area contributed by atoms with Gasteiger partial charge in [-0.1, -0.05) is 11.6 Å². The normalized spacial score (nSPS) is 11.8. The fourth-order valence-electron chi connectivity index (χ4n) is 1.85. The zero-order valence-electron chi connectivity index (χ0n) is 11.0. The molecule has 0 aliphatic rings. The maximum absolute atomic E-state index is 11.7.